The van der Waals surface area contributed by atoms with Crippen molar-refractivity contribution in [3.05, 3.63) is 60.7 Å². The fraction of sp³-hybridized carbons (Fsp3) is 0.158. The lowest BCUT2D eigenvalue weighted by atomic mass is 10.3. The van der Waals surface area contributed by atoms with Gasteiger partial charge in [0.15, 0.2) is 0 Å². The summed E-state index contributed by atoms with van der Waals surface area (Å²) in [5.41, 5.74) is 0.150. The van der Waals surface area contributed by atoms with Gasteiger partial charge in [0.1, 0.15) is 22.9 Å². The summed E-state index contributed by atoms with van der Waals surface area (Å²) in [6.07, 6.45) is -2.73. The monoisotopic (exact) mass is 455 g/mol. The second-order valence-corrected chi connectivity index (χ2v) is 5.92. The maximum atomic E-state index is 13.2. The smallest absolute Gasteiger partial charge is 0.387 e. The van der Waals surface area contributed by atoms with Gasteiger partial charge in [-0.2, -0.15) is 13.2 Å². The number of halogens is 5. The number of alkyl halides is 5. The molecule has 32 heavy (non-hydrogen) atoms. The molecular weight excluding hydrogens is 441 g/mol. The number of carbonyl (C=O) groups excluding carboxylic acids is 1. The van der Waals surface area contributed by atoms with E-state index in [2.05, 4.69) is 35.1 Å². The van der Waals surface area contributed by atoms with Crippen molar-refractivity contribution in [2.24, 2.45) is 0 Å². The van der Waals surface area contributed by atoms with Crippen LogP contribution in [0.25, 0.3) is 0 Å². The number of aromatic nitrogens is 3. The molecule has 1 atom stereocenters. The maximum Gasteiger partial charge on any atom is 0.387 e. The second kappa shape index (κ2) is 10.3. The lowest BCUT2D eigenvalue weighted by Crippen LogP contribution is -2.21. The molecule has 168 valence electrons. The largest absolute Gasteiger partial charge is 0.452 e. The molecule has 1 amide bonds. The third kappa shape index (κ3) is 6.23. The number of anilines is 3. The van der Waals surface area contributed by atoms with Gasteiger partial charge < -0.3 is 20.1 Å². The van der Waals surface area contributed by atoms with Gasteiger partial charge in [-0.3, -0.25) is 9.78 Å². The first-order valence-corrected chi connectivity index (χ1v) is 8.81. The molecule has 0 saturated carbocycles. The highest BCUT2D eigenvalue weighted by molar-refractivity contribution is 6.03. The molecule has 3 aromatic rings. The van der Waals surface area contributed by atoms with E-state index in [0.29, 0.717) is 5.69 Å². The molecule has 3 rings (SSSR count). The van der Waals surface area contributed by atoms with Gasteiger partial charge in [0.2, 0.25) is 5.95 Å². The van der Waals surface area contributed by atoms with Crippen molar-refractivity contribution in [2.75, 3.05) is 10.6 Å². The normalized spacial score (nSPS) is 11.8. The number of carbonyl (C=O) groups is 1. The average Bonchev–Trinajstić information content (AvgIpc) is 2.76. The van der Waals surface area contributed by atoms with Crippen molar-refractivity contribution >= 4 is 23.2 Å². The number of pyridine rings is 1. The Balaban J connectivity index is 1.70. The van der Waals surface area contributed by atoms with E-state index in [9.17, 15) is 26.7 Å². The SMILES string of the molecule is O=C(Nc1cnccc1OC(F)C(F)F)c1ccnc(Nc2ccc(OC(F)F)cc2)n1. The summed E-state index contributed by atoms with van der Waals surface area (Å²) in [6, 6.07) is 7.85. The van der Waals surface area contributed by atoms with Gasteiger partial charge >= 0.3 is 13.0 Å². The molecule has 2 N–H and O–H groups in total. The predicted octanol–water partition coefficient (Wildman–Crippen LogP) is 4.41. The number of rotatable bonds is 9. The molecule has 0 saturated heterocycles. The van der Waals surface area contributed by atoms with Crippen LogP contribution in [0.1, 0.15) is 10.5 Å². The molecule has 0 radical (unpaired) electrons. The number of amides is 1. The molecular formula is C19H14F5N5O3. The molecule has 0 spiro atoms. The van der Waals surface area contributed by atoms with E-state index in [0.717, 1.165) is 12.3 Å². The van der Waals surface area contributed by atoms with E-state index in [1.807, 2.05) is 0 Å². The summed E-state index contributed by atoms with van der Waals surface area (Å²) in [5, 5.41) is 5.12. The first-order valence-electron chi connectivity index (χ1n) is 8.81. The minimum atomic E-state index is -3.38. The van der Waals surface area contributed by atoms with Gasteiger partial charge in [-0.15, -0.1) is 0 Å². The van der Waals surface area contributed by atoms with Crippen LogP contribution in [0.4, 0.5) is 39.3 Å². The van der Waals surface area contributed by atoms with Gasteiger partial charge in [-0.25, -0.2) is 18.7 Å². The van der Waals surface area contributed by atoms with Crippen LogP contribution in [-0.2, 0) is 0 Å². The van der Waals surface area contributed by atoms with Gasteiger partial charge in [-0.1, -0.05) is 0 Å². The third-order valence-corrected chi connectivity index (χ3v) is 3.69. The van der Waals surface area contributed by atoms with Crippen LogP contribution in [0.3, 0.4) is 0 Å². The fourth-order valence-electron chi connectivity index (χ4n) is 2.33. The molecule has 0 aliphatic rings. The first kappa shape index (κ1) is 22.7. The lowest BCUT2D eigenvalue weighted by molar-refractivity contribution is -0.0665. The van der Waals surface area contributed by atoms with E-state index in [1.54, 1.807) is 0 Å². The Morgan fingerprint density at radius 3 is 2.38 bits per heavy atom. The second-order valence-electron chi connectivity index (χ2n) is 5.92. The predicted molar refractivity (Wildman–Crippen MR) is 102 cm³/mol. The number of nitrogens with one attached hydrogen (secondary N) is 2. The highest BCUT2D eigenvalue weighted by atomic mass is 19.3. The van der Waals surface area contributed by atoms with E-state index in [1.165, 1.54) is 42.7 Å². The first-order chi connectivity index (χ1) is 15.3. The Labute approximate surface area is 177 Å². The quantitative estimate of drug-likeness (QED) is 0.462. The molecule has 8 nitrogen and oxygen atoms in total. The van der Waals surface area contributed by atoms with E-state index >= 15 is 0 Å². The number of hydrogen-bond donors (Lipinski definition) is 2. The highest BCUT2D eigenvalue weighted by Gasteiger charge is 2.23. The Kier molecular flexibility index (Phi) is 7.31. The Morgan fingerprint density at radius 1 is 0.938 bits per heavy atom. The summed E-state index contributed by atoms with van der Waals surface area (Å²) >= 11 is 0. The molecule has 2 aromatic heterocycles. The van der Waals surface area contributed by atoms with Gasteiger partial charge in [0, 0.05) is 24.1 Å². The molecule has 0 fully saturated rings. The molecule has 1 aromatic carbocycles. The lowest BCUT2D eigenvalue weighted by Gasteiger charge is -2.14. The van der Waals surface area contributed by atoms with Gasteiger partial charge in [-0.05, 0) is 30.3 Å². The minimum Gasteiger partial charge on any atom is -0.452 e. The summed E-state index contributed by atoms with van der Waals surface area (Å²) in [4.78, 5) is 24.2. The minimum absolute atomic E-state index is 0.00404. The van der Waals surface area contributed by atoms with E-state index in [-0.39, 0.29) is 28.8 Å². The Hall–Kier alpha value is -4.03. The van der Waals surface area contributed by atoms with Crippen molar-refractivity contribution in [1.82, 2.24) is 15.0 Å². The molecule has 13 heteroatoms. The molecule has 0 aliphatic heterocycles. The van der Waals surface area contributed by atoms with Crippen LogP contribution >= 0.6 is 0 Å². The number of nitrogens with zero attached hydrogens (tertiary/aromatic N) is 3. The van der Waals surface area contributed by atoms with Gasteiger partial charge in [0.05, 0.1) is 6.20 Å². The van der Waals surface area contributed by atoms with E-state index in [4.69, 9.17) is 0 Å². The molecule has 1 unspecified atom stereocenters. The van der Waals surface area contributed by atoms with Crippen LogP contribution in [0.2, 0.25) is 0 Å². The fourth-order valence-corrected chi connectivity index (χ4v) is 2.33. The number of ether oxygens (including phenoxy) is 2. The summed E-state index contributed by atoms with van der Waals surface area (Å²) < 4.78 is 71.2. The summed E-state index contributed by atoms with van der Waals surface area (Å²) in [7, 11) is 0. The van der Waals surface area contributed by atoms with Crippen molar-refractivity contribution in [2.45, 2.75) is 19.4 Å². The number of benzene rings is 1. The number of hydrogen-bond acceptors (Lipinski definition) is 7. The zero-order valence-corrected chi connectivity index (χ0v) is 15.9. The van der Waals surface area contributed by atoms with Crippen molar-refractivity contribution in [3.8, 4) is 11.5 Å². The highest BCUT2D eigenvalue weighted by Crippen LogP contribution is 2.26. The van der Waals surface area contributed by atoms with Crippen molar-refractivity contribution < 1.29 is 36.2 Å². The van der Waals surface area contributed by atoms with Crippen LogP contribution in [0.15, 0.2) is 55.0 Å². The zero-order valence-electron chi connectivity index (χ0n) is 15.9. The average molecular weight is 455 g/mol. The summed E-state index contributed by atoms with van der Waals surface area (Å²) in [6.45, 7) is -2.95. The molecule has 0 aliphatic carbocycles. The summed E-state index contributed by atoms with van der Waals surface area (Å²) in [5.74, 6) is -1.16. The van der Waals surface area contributed by atoms with Crippen LogP contribution in [-0.4, -0.2) is 40.3 Å². The van der Waals surface area contributed by atoms with Crippen molar-refractivity contribution in [1.29, 1.82) is 0 Å². The maximum absolute atomic E-state index is 13.2. The Bertz CT molecular complexity index is 1060. The van der Waals surface area contributed by atoms with E-state index < -0.39 is 25.3 Å². The van der Waals surface area contributed by atoms with Crippen LogP contribution in [0.5, 0.6) is 11.5 Å². The van der Waals surface area contributed by atoms with Crippen LogP contribution < -0.4 is 20.1 Å². The van der Waals surface area contributed by atoms with Crippen molar-refractivity contribution in [3.63, 3.8) is 0 Å². The standard InChI is InChI=1S/C19H14F5N5O3/c20-15(21)16(22)32-14-6-7-25-9-13(14)28-17(30)12-5-8-26-19(29-12)27-10-1-3-11(4-2-10)31-18(23)24/h1-9,15-16,18H,(H,28,30)(H,26,27,29). The third-order valence-electron chi connectivity index (χ3n) is 3.69. The molecule has 0 bridgehead atoms. The van der Waals surface area contributed by atoms with Crippen LogP contribution in [0, 0.1) is 0 Å². The van der Waals surface area contributed by atoms with Gasteiger partial charge in [0.25, 0.3) is 12.3 Å². The Morgan fingerprint density at radius 2 is 1.69 bits per heavy atom. The molecule has 2 heterocycles. The topological polar surface area (TPSA) is 98.3 Å². The zero-order chi connectivity index (χ0) is 23.1.